The van der Waals surface area contributed by atoms with Crippen LogP contribution < -0.4 is 5.32 Å². The van der Waals surface area contributed by atoms with Crippen molar-refractivity contribution in [2.75, 3.05) is 6.54 Å². The predicted molar refractivity (Wildman–Crippen MR) is 88.8 cm³/mol. The van der Waals surface area contributed by atoms with Crippen LogP contribution in [0.2, 0.25) is 0 Å². The number of hydrogen-bond acceptors (Lipinski definition) is 1. The largest absolute Gasteiger partial charge is 0.310 e. The molecule has 0 spiro atoms. The highest BCUT2D eigenvalue weighted by atomic mass is 127. The molecule has 0 aromatic heterocycles. The third-order valence-corrected chi connectivity index (χ3v) is 4.33. The minimum atomic E-state index is -0.149. The third kappa shape index (κ3) is 5.78. The van der Waals surface area contributed by atoms with E-state index in [0.29, 0.717) is 12.0 Å². The van der Waals surface area contributed by atoms with Gasteiger partial charge in [0.1, 0.15) is 5.82 Å². The van der Waals surface area contributed by atoms with E-state index in [2.05, 4.69) is 48.7 Å². The first-order valence-corrected chi connectivity index (χ1v) is 8.34. The van der Waals surface area contributed by atoms with Crippen LogP contribution in [0, 0.1) is 15.3 Å². The topological polar surface area (TPSA) is 12.0 Å². The van der Waals surface area contributed by atoms with E-state index in [1.165, 1.54) is 18.4 Å². The maximum absolute atomic E-state index is 13.2. The first-order chi connectivity index (χ1) is 9.08. The summed E-state index contributed by atoms with van der Waals surface area (Å²) in [6.07, 6.45) is 4.72. The van der Waals surface area contributed by atoms with Crippen molar-refractivity contribution >= 4 is 22.6 Å². The maximum atomic E-state index is 13.2. The molecule has 1 N–H and O–H groups in total. The van der Waals surface area contributed by atoms with E-state index in [9.17, 15) is 4.39 Å². The van der Waals surface area contributed by atoms with Gasteiger partial charge in [0, 0.05) is 9.61 Å². The van der Waals surface area contributed by atoms with Crippen LogP contribution >= 0.6 is 22.6 Å². The molecular formula is C16H25FIN. The van der Waals surface area contributed by atoms with Crippen molar-refractivity contribution in [1.82, 2.24) is 5.32 Å². The average Bonchev–Trinajstić information content (AvgIpc) is 2.35. The maximum Gasteiger partial charge on any atom is 0.124 e. The van der Waals surface area contributed by atoms with Crippen molar-refractivity contribution in [3.05, 3.63) is 33.1 Å². The lowest BCUT2D eigenvalue weighted by Gasteiger charge is -2.23. The molecule has 2 unspecified atom stereocenters. The molecule has 0 fully saturated rings. The van der Waals surface area contributed by atoms with E-state index in [4.69, 9.17) is 0 Å². The van der Waals surface area contributed by atoms with Crippen molar-refractivity contribution in [3.63, 3.8) is 0 Å². The zero-order chi connectivity index (χ0) is 14.3. The minimum absolute atomic E-state index is 0.149. The Bertz CT molecular complexity index is 381. The molecule has 1 aromatic carbocycles. The molecule has 0 aliphatic carbocycles. The molecule has 0 heterocycles. The second kappa shape index (κ2) is 8.90. The quantitative estimate of drug-likeness (QED) is 0.607. The van der Waals surface area contributed by atoms with Crippen molar-refractivity contribution in [3.8, 4) is 0 Å². The summed E-state index contributed by atoms with van der Waals surface area (Å²) in [7, 11) is 0. The van der Waals surface area contributed by atoms with Gasteiger partial charge in [0.25, 0.3) is 0 Å². The lowest BCUT2D eigenvalue weighted by Crippen LogP contribution is -2.25. The molecule has 1 nitrogen and oxygen atoms in total. The molecule has 0 saturated heterocycles. The summed E-state index contributed by atoms with van der Waals surface area (Å²) in [5.74, 6) is 0.546. The summed E-state index contributed by atoms with van der Waals surface area (Å²) in [4.78, 5) is 0. The smallest absolute Gasteiger partial charge is 0.124 e. The molecule has 0 amide bonds. The van der Waals surface area contributed by atoms with Gasteiger partial charge >= 0.3 is 0 Å². The number of benzene rings is 1. The molecule has 2 atom stereocenters. The fourth-order valence-electron chi connectivity index (χ4n) is 2.44. The predicted octanol–water partition coefficient (Wildman–Crippen LogP) is 5.30. The number of hydrogen-bond donors (Lipinski definition) is 1. The van der Waals surface area contributed by atoms with Crippen LogP contribution in [0.15, 0.2) is 18.2 Å². The highest BCUT2D eigenvalue weighted by Crippen LogP contribution is 2.28. The Balaban J connectivity index is 2.82. The van der Waals surface area contributed by atoms with E-state index >= 15 is 0 Å². The van der Waals surface area contributed by atoms with Gasteiger partial charge in [-0.2, -0.15) is 0 Å². The van der Waals surface area contributed by atoms with Crippen molar-refractivity contribution in [2.24, 2.45) is 5.92 Å². The Morgan fingerprint density at radius 2 is 2.00 bits per heavy atom. The molecule has 3 heteroatoms. The SMILES string of the molecule is CCCNC(CC(C)CCC)c1ccc(F)cc1I. The minimum Gasteiger partial charge on any atom is -0.310 e. The Kier molecular flexibility index (Phi) is 7.91. The van der Waals surface area contributed by atoms with Gasteiger partial charge in [0.05, 0.1) is 0 Å². The van der Waals surface area contributed by atoms with E-state index < -0.39 is 0 Å². The standard InChI is InChI=1S/C16H25FIN/c1-4-6-12(3)10-16(19-9-5-2)14-8-7-13(17)11-15(14)18/h7-8,11-12,16,19H,4-6,9-10H2,1-3H3. The normalized spacial score (nSPS) is 14.4. The molecular weight excluding hydrogens is 352 g/mol. The first kappa shape index (κ1) is 16.9. The van der Waals surface area contributed by atoms with Gasteiger partial charge in [-0.25, -0.2) is 4.39 Å². The van der Waals surface area contributed by atoms with Gasteiger partial charge in [0.15, 0.2) is 0 Å². The molecule has 0 saturated carbocycles. The van der Waals surface area contributed by atoms with Crippen LogP contribution in [0.3, 0.4) is 0 Å². The van der Waals surface area contributed by atoms with Gasteiger partial charge in [-0.05, 0) is 65.6 Å². The van der Waals surface area contributed by atoms with Crippen LogP contribution in [0.4, 0.5) is 4.39 Å². The highest BCUT2D eigenvalue weighted by molar-refractivity contribution is 14.1. The Hall–Kier alpha value is -0.160. The third-order valence-electron chi connectivity index (χ3n) is 3.40. The molecule has 0 radical (unpaired) electrons. The summed E-state index contributed by atoms with van der Waals surface area (Å²) in [5, 5.41) is 3.61. The summed E-state index contributed by atoms with van der Waals surface area (Å²) in [6, 6.07) is 5.47. The second-order valence-electron chi connectivity index (χ2n) is 5.30. The van der Waals surface area contributed by atoms with Gasteiger partial charge < -0.3 is 5.32 Å². The van der Waals surface area contributed by atoms with Crippen LogP contribution in [-0.2, 0) is 0 Å². The fraction of sp³-hybridized carbons (Fsp3) is 0.625. The summed E-state index contributed by atoms with van der Waals surface area (Å²) < 4.78 is 14.2. The first-order valence-electron chi connectivity index (χ1n) is 7.26. The Morgan fingerprint density at radius 3 is 2.58 bits per heavy atom. The summed E-state index contributed by atoms with van der Waals surface area (Å²) in [5.41, 5.74) is 1.23. The summed E-state index contributed by atoms with van der Waals surface area (Å²) >= 11 is 2.24. The van der Waals surface area contributed by atoms with E-state index in [1.807, 2.05) is 6.07 Å². The molecule has 1 aromatic rings. The zero-order valence-electron chi connectivity index (χ0n) is 12.2. The van der Waals surface area contributed by atoms with Gasteiger partial charge in [-0.1, -0.05) is 39.7 Å². The average molecular weight is 377 g/mol. The Labute approximate surface area is 130 Å². The highest BCUT2D eigenvalue weighted by Gasteiger charge is 2.17. The number of rotatable bonds is 8. The molecule has 0 aliphatic heterocycles. The Morgan fingerprint density at radius 1 is 1.26 bits per heavy atom. The van der Waals surface area contributed by atoms with Crippen molar-refractivity contribution in [1.29, 1.82) is 0 Å². The van der Waals surface area contributed by atoms with E-state index in [0.717, 1.165) is 23.0 Å². The molecule has 19 heavy (non-hydrogen) atoms. The van der Waals surface area contributed by atoms with Crippen molar-refractivity contribution < 1.29 is 4.39 Å². The van der Waals surface area contributed by atoms with Crippen molar-refractivity contribution in [2.45, 2.75) is 52.5 Å². The lowest BCUT2D eigenvalue weighted by atomic mass is 9.93. The van der Waals surface area contributed by atoms with Gasteiger partial charge in [-0.3, -0.25) is 0 Å². The monoisotopic (exact) mass is 377 g/mol. The molecule has 108 valence electrons. The second-order valence-corrected chi connectivity index (χ2v) is 6.46. The fourth-order valence-corrected chi connectivity index (χ4v) is 3.29. The van der Waals surface area contributed by atoms with Crippen LogP contribution in [0.5, 0.6) is 0 Å². The molecule has 0 aliphatic rings. The van der Waals surface area contributed by atoms with Crippen LogP contribution in [0.1, 0.15) is 58.1 Å². The van der Waals surface area contributed by atoms with E-state index in [1.54, 1.807) is 12.1 Å². The van der Waals surface area contributed by atoms with Crippen LogP contribution in [0.25, 0.3) is 0 Å². The number of halogens is 2. The zero-order valence-corrected chi connectivity index (χ0v) is 14.3. The lowest BCUT2D eigenvalue weighted by molar-refractivity contribution is 0.389. The van der Waals surface area contributed by atoms with Gasteiger partial charge in [-0.15, -0.1) is 0 Å². The molecule has 0 bridgehead atoms. The number of nitrogens with one attached hydrogen (secondary N) is 1. The summed E-state index contributed by atoms with van der Waals surface area (Å²) in [6.45, 7) is 7.72. The van der Waals surface area contributed by atoms with Gasteiger partial charge in [0.2, 0.25) is 0 Å². The molecule has 1 rings (SSSR count). The van der Waals surface area contributed by atoms with E-state index in [-0.39, 0.29) is 5.82 Å². The van der Waals surface area contributed by atoms with Crippen LogP contribution in [-0.4, -0.2) is 6.54 Å².